The van der Waals surface area contributed by atoms with Crippen molar-refractivity contribution in [2.45, 2.75) is 44.9 Å². The zero-order valence-electron chi connectivity index (χ0n) is 11.3. The van der Waals surface area contributed by atoms with Gasteiger partial charge in [0.25, 0.3) is 0 Å². The van der Waals surface area contributed by atoms with Crippen molar-refractivity contribution >= 4 is 5.91 Å². The topological polar surface area (TPSA) is 95.6 Å². The van der Waals surface area contributed by atoms with Gasteiger partial charge in [-0.25, -0.2) is 0 Å². The molecule has 2 unspecified atom stereocenters. The quantitative estimate of drug-likeness (QED) is 0.604. The summed E-state index contributed by atoms with van der Waals surface area (Å²) in [7, 11) is 0. The summed E-state index contributed by atoms with van der Waals surface area (Å²) in [6.45, 7) is 3.51. The number of aromatic hydroxyl groups is 1. The second-order valence-corrected chi connectivity index (χ2v) is 4.97. The molecule has 0 radical (unpaired) electrons. The van der Waals surface area contributed by atoms with E-state index in [0.29, 0.717) is 12.8 Å². The molecule has 0 aliphatic rings. The van der Waals surface area contributed by atoms with E-state index < -0.39 is 12.1 Å². The fourth-order valence-electron chi connectivity index (χ4n) is 1.90. The molecule has 0 saturated carbocycles. The Morgan fingerprint density at radius 2 is 1.89 bits per heavy atom. The molecular formula is C14H22N2O3. The van der Waals surface area contributed by atoms with Gasteiger partial charge in [-0.2, -0.15) is 0 Å². The molecule has 0 heterocycles. The van der Waals surface area contributed by atoms with Gasteiger partial charge in [0, 0.05) is 6.04 Å². The lowest BCUT2D eigenvalue weighted by Crippen LogP contribution is -2.46. The number of nitrogens with one attached hydrogen (secondary N) is 1. The van der Waals surface area contributed by atoms with Crippen LogP contribution in [-0.2, 0) is 11.2 Å². The standard InChI is InChI=1S/C14H22N2O3/c1-9(7-10(2)17)16-14(19)13(15)8-11-3-5-12(18)6-4-11/h3-6,9-10,13,17-18H,7-8,15H2,1-2H3,(H,16,19)/t9?,10?,13-/m1/s1. The normalized spacial score (nSPS) is 15.6. The number of aliphatic hydroxyl groups excluding tert-OH is 1. The van der Waals surface area contributed by atoms with Crippen molar-refractivity contribution in [3.05, 3.63) is 29.8 Å². The van der Waals surface area contributed by atoms with Crippen molar-refractivity contribution in [1.29, 1.82) is 0 Å². The number of phenols is 1. The Bertz CT molecular complexity index is 404. The summed E-state index contributed by atoms with van der Waals surface area (Å²) in [5.41, 5.74) is 6.72. The maximum Gasteiger partial charge on any atom is 0.237 e. The minimum atomic E-state index is -0.638. The van der Waals surface area contributed by atoms with Crippen LogP contribution in [0.4, 0.5) is 0 Å². The summed E-state index contributed by atoms with van der Waals surface area (Å²) in [6, 6.07) is 5.86. The molecule has 0 bridgehead atoms. The van der Waals surface area contributed by atoms with Crippen molar-refractivity contribution in [3.8, 4) is 5.75 Å². The number of carbonyl (C=O) groups is 1. The minimum absolute atomic E-state index is 0.113. The molecule has 0 aromatic heterocycles. The molecule has 0 fully saturated rings. The number of aliphatic hydroxyl groups is 1. The van der Waals surface area contributed by atoms with Crippen molar-refractivity contribution in [3.63, 3.8) is 0 Å². The number of phenolic OH excluding ortho intramolecular Hbond substituents is 1. The van der Waals surface area contributed by atoms with Crippen molar-refractivity contribution in [2.75, 3.05) is 0 Å². The summed E-state index contributed by atoms with van der Waals surface area (Å²) in [6.07, 6.45) is 0.453. The molecule has 5 nitrogen and oxygen atoms in total. The van der Waals surface area contributed by atoms with Gasteiger partial charge in [-0.1, -0.05) is 12.1 Å². The number of hydrogen-bond acceptors (Lipinski definition) is 4. The predicted molar refractivity (Wildman–Crippen MR) is 73.7 cm³/mol. The fourth-order valence-corrected chi connectivity index (χ4v) is 1.90. The third-order valence-electron chi connectivity index (χ3n) is 2.81. The zero-order chi connectivity index (χ0) is 14.4. The molecule has 1 rings (SSSR count). The van der Waals surface area contributed by atoms with Gasteiger partial charge in [0.1, 0.15) is 5.75 Å². The highest BCUT2D eigenvalue weighted by molar-refractivity contribution is 5.82. The first kappa shape index (κ1) is 15.5. The molecule has 0 aliphatic carbocycles. The highest BCUT2D eigenvalue weighted by atomic mass is 16.3. The van der Waals surface area contributed by atoms with E-state index in [1.807, 2.05) is 6.92 Å². The number of carbonyl (C=O) groups excluding carboxylic acids is 1. The average Bonchev–Trinajstić information content (AvgIpc) is 2.30. The van der Waals surface area contributed by atoms with Crippen LogP contribution in [0.15, 0.2) is 24.3 Å². The highest BCUT2D eigenvalue weighted by Gasteiger charge is 2.17. The molecule has 106 valence electrons. The van der Waals surface area contributed by atoms with Crippen LogP contribution >= 0.6 is 0 Å². The van der Waals surface area contributed by atoms with E-state index in [9.17, 15) is 9.90 Å². The number of amides is 1. The van der Waals surface area contributed by atoms with Gasteiger partial charge in [0.15, 0.2) is 0 Å². The smallest absolute Gasteiger partial charge is 0.237 e. The summed E-state index contributed by atoms with van der Waals surface area (Å²) in [5.74, 6) is -0.0476. The summed E-state index contributed by atoms with van der Waals surface area (Å²) < 4.78 is 0. The van der Waals surface area contributed by atoms with E-state index in [2.05, 4.69) is 5.32 Å². The Hall–Kier alpha value is -1.59. The number of rotatable bonds is 6. The molecule has 0 spiro atoms. The lowest BCUT2D eigenvalue weighted by atomic mass is 10.0. The SMILES string of the molecule is CC(O)CC(C)NC(=O)[C@H](N)Cc1ccc(O)cc1. The van der Waals surface area contributed by atoms with Gasteiger partial charge >= 0.3 is 0 Å². The highest BCUT2D eigenvalue weighted by Crippen LogP contribution is 2.11. The maximum absolute atomic E-state index is 11.8. The van der Waals surface area contributed by atoms with Crippen LogP contribution in [0.25, 0.3) is 0 Å². The molecular weight excluding hydrogens is 244 g/mol. The third kappa shape index (κ3) is 5.72. The molecule has 1 aromatic rings. The Labute approximate surface area is 113 Å². The molecule has 1 aromatic carbocycles. The van der Waals surface area contributed by atoms with Crippen LogP contribution in [0.2, 0.25) is 0 Å². The second kappa shape index (κ2) is 7.11. The maximum atomic E-state index is 11.8. The van der Waals surface area contributed by atoms with Gasteiger partial charge < -0.3 is 21.3 Å². The summed E-state index contributed by atoms with van der Waals surface area (Å²) in [4.78, 5) is 11.8. The minimum Gasteiger partial charge on any atom is -0.508 e. The zero-order valence-corrected chi connectivity index (χ0v) is 11.3. The number of nitrogens with two attached hydrogens (primary N) is 1. The van der Waals surface area contributed by atoms with Crippen LogP contribution in [0.5, 0.6) is 5.75 Å². The van der Waals surface area contributed by atoms with Crippen molar-refractivity contribution in [1.82, 2.24) is 5.32 Å². The van der Waals surface area contributed by atoms with E-state index in [-0.39, 0.29) is 17.7 Å². The first-order chi connectivity index (χ1) is 8.88. The van der Waals surface area contributed by atoms with Crippen LogP contribution in [0.1, 0.15) is 25.8 Å². The fraction of sp³-hybridized carbons (Fsp3) is 0.500. The molecule has 3 atom stereocenters. The van der Waals surface area contributed by atoms with Crippen LogP contribution in [0, 0.1) is 0 Å². The van der Waals surface area contributed by atoms with E-state index in [1.165, 1.54) is 0 Å². The Kier molecular flexibility index (Phi) is 5.79. The summed E-state index contributed by atoms with van der Waals surface area (Å²) >= 11 is 0. The second-order valence-electron chi connectivity index (χ2n) is 4.97. The molecule has 0 aliphatic heterocycles. The largest absolute Gasteiger partial charge is 0.508 e. The van der Waals surface area contributed by atoms with Crippen molar-refractivity contribution in [2.24, 2.45) is 5.73 Å². The molecule has 5 N–H and O–H groups in total. The van der Waals surface area contributed by atoms with E-state index >= 15 is 0 Å². The monoisotopic (exact) mass is 266 g/mol. The molecule has 19 heavy (non-hydrogen) atoms. The van der Waals surface area contributed by atoms with Gasteiger partial charge in [-0.15, -0.1) is 0 Å². The first-order valence-corrected chi connectivity index (χ1v) is 6.40. The van der Waals surface area contributed by atoms with Gasteiger partial charge in [0.2, 0.25) is 5.91 Å². The average molecular weight is 266 g/mol. The van der Waals surface area contributed by atoms with Gasteiger partial charge in [-0.05, 0) is 44.4 Å². The van der Waals surface area contributed by atoms with Crippen LogP contribution in [0.3, 0.4) is 0 Å². The molecule has 5 heteroatoms. The molecule has 0 saturated heterocycles. The lowest BCUT2D eigenvalue weighted by molar-refractivity contribution is -0.123. The van der Waals surface area contributed by atoms with Gasteiger partial charge in [0.05, 0.1) is 12.1 Å². The lowest BCUT2D eigenvalue weighted by Gasteiger charge is -2.18. The molecule has 1 amide bonds. The van der Waals surface area contributed by atoms with E-state index in [0.717, 1.165) is 5.56 Å². The van der Waals surface area contributed by atoms with E-state index in [1.54, 1.807) is 31.2 Å². The first-order valence-electron chi connectivity index (χ1n) is 6.40. The Balaban J connectivity index is 2.46. The van der Waals surface area contributed by atoms with Crippen LogP contribution in [-0.4, -0.2) is 34.3 Å². The van der Waals surface area contributed by atoms with Gasteiger partial charge in [-0.3, -0.25) is 4.79 Å². The Morgan fingerprint density at radius 3 is 2.42 bits per heavy atom. The number of benzene rings is 1. The number of hydrogen-bond donors (Lipinski definition) is 4. The third-order valence-corrected chi connectivity index (χ3v) is 2.81. The Morgan fingerprint density at radius 1 is 1.32 bits per heavy atom. The van der Waals surface area contributed by atoms with E-state index in [4.69, 9.17) is 10.8 Å². The van der Waals surface area contributed by atoms with Crippen LogP contribution < -0.4 is 11.1 Å². The summed E-state index contributed by atoms with van der Waals surface area (Å²) in [5, 5.41) is 21.2. The predicted octanol–water partition coefficient (Wildman–Crippen LogP) is 0.538. The van der Waals surface area contributed by atoms with Crippen molar-refractivity contribution < 1.29 is 15.0 Å².